The first-order valence-corrected chi connectivity index (χ1v) is 15.4. The molecule has 1 amide bonds. The van der Waals surface area contributed by atoms with Crippen molar-refractivity contribution in [3.8, 4) is 11.1 Å². The quantitative estimate of drug-likeness (QED) is 0.385. The van der Waals surface area contributed by atoms with Crippen LogP contribution in [0.25, 0.3) is 16.7 Å². The fourth-order valence-corrected chi connectivity index (χ4v) is 6.35. The lowest BCUT2D eigenvalue weighted by molar-refractivity contribution is -0.152. The van der Waals surface area contributed by atoms with Gasteiger partial charge < -0.3 is 14.7 Å². The average Bonchev–Trinajstić information content (AvgIpc) is 3.17. The number of halogens is 1. The molecule has 0 unspecified atom stereocenters. The molecule has 0 saturated carbocycles. The van der Waals surface area contributed by atoms with Crippen molar-refractivity contribution < 1.29 is 27.9 Å². The molecule has 0 bridgehead atoms. The minimum atomic E-state index is -3.40. The molecule has 1 spiro atoms. The summed E-state index contributed by atoms with van der Waals surface area (Å²) in [5.74, 6) is -0.739. The van der Waals surface area contributed by atoms with Crippen molar-refractivity contribution in [3.63, 3.8) is 0 Å². The first-order valence-electron chi connectivity index (χ1n) is 13.1. The molecule has 1 N–H and O–H groups in total. The number of aliphatic hydroxyl groups is 1. The van der Waals surface area contributed by atoms with Gasteiger partial charge >= 0.3 is 5.97 Å². The Bertz CT molecular complexity index is 1620. The number of carbonyl (C=O) groups is 2. The van der Waals surface area contributed by atoms with Crippen LogP contribution in [0.4, 0.5) is 0 Å². The normalized spacial score (nSPS) is 16.9. The maximum absolute atomic E-state index is 13.1. The minimum absolute atomic E-state index is 0.0323. The van der Waals surface area contributed by atoms with Crippen molar-refractivity contribution >= 4 is 38.9 Å². The topological polar surface area (TPSA) is 101 Å². The van der Waals surface area contributed by atoms with Gasteiger partial charge in [-0.15, -0.1) is 0 Å². The molecule has 3 aromatic carbocycles. The molecule has 1 fully saturated rings. The van der Waals surface area contributed by atoms with Crippen molar-refractivity contribution in [1.82, 2.24) is 4.90 Å². The van der Waals surface area contributed by atoms with Crippen LogP contribution in [0.2, 0.25) is 5.02 Å². The number of aliphatic hydroxyl groups excluding tert-OH is 1. The van der Waals surface area contributed by atoms with Gasteiger partial charge in [-0.3, -0.25) is 4.79 Å². The van der Waals surface area contributed by atoms with Gasteiger partial charge in [-0.25, -0.2) is 13.2 Å². The van der Waals surface area contributed by atoms with E-state index >= 15 is 0 Å². The third-order valence-electron chi connectivity index (χ3n) is 7.71. The lowest BCUT2D eigenvalue weighted by atomic mass is 9.86. The first kappa shape index (κ1) is 27.9. The monoisotopic (exact) mass is 579 g/mol. The summed E-state index contributed by atoms with van der Waals surface area (Å²) in [4.78, 5) is 27.8. The van der Waals surface area contributed by atoms with Crippen LogP contribution < -0.4 is 0 Å². The second-order valence-electron chi connectivity index (χ2n) is 10.4. The van der Waals surface area contributed by atoms with Crippen LogP contribution in [-0.4, -0.2) is 55.2 Å². The summed E-state index contributed by atoms with van der Waals surface area (Å²) in [5, 5.41) is 11.6. The highest BCUT2D eigenvalue weighted by Gasteiger charge is 2.51. The molecule has 0 aliphatic carbocycles. The third-order valence-corrected chi connectivity index (χ3v) is 9.13. The van der Waals surface area contributed by atoms with E-state index in [4.69, 9.17) is 16.3 Å². The Kier molecular flexibility index (Phi) is 7.50. The Morgan fingerprint density at radius 1 is 1.02 bits per heavy atom. The number of rotatable bonds is 6. The highest BCUT2D eigenvalue weighted by atomic mass is 35.5. The van der Waals surface area contributed by atoms with E-state index in [0.717, 1.165) is 11.8 Å². The molecule has 0 radical (unpaired) electrons. The maximum atomic E-state index is 13.1. The van der Waals surface area contributed by atoms with Gasteiger partial charge in [-0.05, 0) is 59.9 Å². The number of amides is 1. The smallest absolute Gasteiger partial charge is 0.343 e. The lowest BCUT2D eigenvalue weighted by Crippen LogP contribution is -2.48. The summed E-state index contributed by atoms with van der Waals surface area (Å²) in [7, 11) is -3.40. The molecule has 2 aliphatic heterocycles. The number of benzene rings is 3. The molecule has 2 heterocycles. The lowest BCUT2D eigenvalue weighted by Gasteiger charge is -2.38. The summed E-state index contributed by atoms with van der Waals surface area (Å²) in [6, 6.07) is 19.7. The highest BCUT2D eigenvalue weighted by Crippen LogP contribution is 2.45. The molecule has 40 heavy (non-hydrogen) atoms. The van der Waals surface area contributed by atoms with Crippen LogP contribution in [0, 0.1) is 6.92 Å². The Labute approximate surface area is 239 Å². The number of piperidine rings is 1. The zero-order valence-corrected chi connectivity index (χ0v) is 23.9. The van der Waals surface area contributed by atoms with Gasteiger partial charge in [0, 0.05) is 49.2 Å². The van der Waals surface area contributed by atoms with Gasteiger partial charge in [0.25, 0.3) is 0 Å². The minimum Gasteiger partial charge on any atom is -0.507 e. The van der Waals surface area contributed by atoms with E-state index in [1.165, 1.54) is 6.07 Å². The van der Waals surface area contributed by atoms with Gasteiger partial charge in [0.2, 0.25) is 5.91 Å². The van der Waals surface area contributed by atoms with Crippen LogP contribution in [-0.2, 0) is 30.6 Å². The predicted molar refractivity (Wildman–Crippen MR) is 154 cm³/mol. The molecule has 5 rings (SSSR count). The Morgan fingerprint density at radius 2 is 1.73 bits per heavy atom. The molecular formula is C31H30ClNO6S. The fourth-order valence-electron chi connectivity index (χ4n) is 5.42. The van der Waals surface area contributed by atoms with Crippen molar-refractivity contribution in [2.75, 3.05) is 19.3 Å². The van der Waals surface area contributed by atoms with E-state index in [1.54, 1.807) is 42.2 Å². The summed E-state index contributed by atoms with van der Waals surface area (Å²) >= 11 is 6.63. The number of carbonyl (C=O) groups excluding carboxylic acids is 2. The molecule has 1 saturated heterocycles. The van der Waals surface area contributed by atoms with Crippen LogP contribution in [0.1, 0.15) is 36.0 Å². The molecule has 0 aromatic heterocycles. The number of nitrogens with zero attached hydrogens (tertiary/aromatic N) is 1. The summed E-state index contributed by atoms with van der Waals surface area (Å²) in [5.41, 5.74) is 2.35. The van der Waals surface area contributed by atoms with Crippen LogP contribution in [0.5, 0.6) is 0 Å². The number of esters is 1. The molecule has 9 heteroatoms. The van der Waals surface area contributed by atoms with Gasteiger partial charge in [0.15, 0.2) is 21.2 Å². The van der Waals surface area contributed by atoms with Crippen molar-refractivity contribution in [3.05, 3.63) is 94.2 Å². The standard InChI is InChI=1S/C31H30ClNO6S/c1-20-17-25(22-9-6-10-23(18-22)40(2,37)38)26(32)19-24(20)28-29(35)31(39-30(28)36)13-15-33(16-14-31)27(34)12-11-21-7-4-3-5-8-21/h3-10,17-19,35H,11-16H2,1-2H3. The number of hydrogen-bond donors (Lipinski definition) is 1. The van der Waals surface area contributed by atoms with Crippen LogP contribution in [0.15, 0.2) is 77.4 Å². The number of aryl methyl sites for hydroxylation is 2. The maximum Gasteiger partial charge on any atom is 0.343 e. The molecule has 2 aliphatic rings. The SMILES string of the molecule is Cc1cc(-c2cccc(S(C)(=O)=O)c2)c(Cl)cc1C1=C(O)C2(CCN(C(=O)CCc3ccccc3)CC2)OC1=O. The zero-order chi connectivity index (χ0) is 28.7. The first-order chi connectivity index (χ1) is 19.0. The van der Waals surface area contributed by atoms with E-state index in [-0.39, 0.29) is 22.1 Å². The van der Waals surface area contributed by atoms with Gasteiger partial charge in [-0.1, -0.05) is 54.1 Å². The molecule has 3 aromatic rings. The second-order valence-corrected chi connectivity index (χ2v) is 12.8. The highest BCUT2D eigenvalue weighted by molar-refractivity contribution is 7.90. The third kappa shape index (κ3) is 5.38. The van der Waals surface area contributed by atoms with E-state index in [1.807, 2.05) is 30.3 Å². The largest absolute Gasteiger partial charge is 0.507 e. The molecule has 208 valence electrons. The number of ether oxygens (including phenoxy) is 1. The average molecular weight is 580 g/mol. The molecular weight excluding hydrogens is 550 g/mol. The number of hydrogen-bond acceptors (Lipinski definition) is 6. The molecule has 7 nitrogen and oxygen atoms in total. The Balaban J connectivity index is 1.36. The van der Waals surface area contributed by atoms with Crippen molar-refractivity contribution in [2.24, 2.45) is 0 Å². The fraction of sp³-hybridized carbons (Fsp3) is 0.290. The van der Waals surface area contributed by atoms with Crippen molar-refractivity contribution in [2.45, 2.75) is 43.1 Å². The Hall–Kier alpha value is -3.62. The van der Waals surface area contributed by atoms with Crippen LogP contribution >= 0.6 is 11.6 Å². The van der Waals surface area contributed by atoms with E-state index in [9.17, 15) is 23.1 Å². The van der Waals surface area contributed by atoms with Gasteiger partial charge in [0.1, 0.15) is 5.57 Å². The van der Waals surface area contributed by atoms with E-state index in [2.05, 4.69) is 0 Å². The van der Waals surface area contributed by atoms with E-state index < -0.39 is 21.4 Å². The predicted octanol–water partition coefficient (Wildman–Crippen LogP) is 5.54. The number of sulfone groups is 1. The summed E-state index contributed by atoms with van der Waals surface area (Å²) in [6.07, 6.45) is 2.79. The van der Waals surface area contributed by atoms with E-state index in [0.29, 0.717) is 66.0 Å². The number of likely N-dealkylation sites (tertiary alicyclic amines) is 1. The van der Waals surface area contributed by atoms with Gasteiger partial charge in [-0.2, -0.15) is 0 Å². The molecule has 0 atom stereocenters. The zero-order valence-electron chi connectivity index (χ0n) is 22.3. The van der Waals surface area contributed by atoms with Crippen LogP contribution in [0.3, 0.4) is 0 Å². The second kappa shape index (κ2) is 10.7. The van der Waals surface area contributed by atoms with Gasteiger partial charge in [0.05, 0.1) is 4.90 Å². The van der Waals surface area contributed by atoms with Crippen molar-refractivity contribution in [1.29, 1.82) is 0 Å². The Morgan fingerprint density at radius 3 is 2.40 bits per heavy atom. The summed E-state index contributed by atoms with van der Waals surface area (Å²) in [6.45, 7) is 2.53. The summed E-state index contributed by atoms with van der Waals surface area (Å²) < 4.78 is 29.8.